The van der Waals surface area contributed by atoms with E-state index in [1.807, 2.05) is 6.07 Å². The molecule has 0 saturated carbocycles. The zero-order valence-electron chi connectivity index (χ0n) is 16.8. The molecule has 146 valence electrons. The third-order valence-corrected chi connectivity index (χ3v) is 5.47. The molecule has 3 aromatic rings. The lowest BCUT2D eigenvalue weighted by Crippen LogP contribution is -2.04. The molecule has 4 heteroatoms. The zero-order valence-corrected chi connectivity index (χ0v) is 19.0. The van der Waals surface area contributed by atoms with E-state index in [0.29, 0.717) is 6.61 Å². The Hall–Kier alpha value is -2.21. The maximum Gasteiger partial charge on any atom is 0.174 e. The second-order valence-corrected chi connectivity index (χ2v) is 8.22. The van der Waals surface area contributed by atoms with Crippen LogP contribution in [0.25, 0.3) is 0 Å². The molecule has 0 aliphatic heterocycles. The minimum absolute atomic E-state index is 0.521. The zero-order chi connectivity index (χ0) is 20.1. The molecule has 0 aliphatic carbocycles. The Labute approximate surface area is 181 Å². The van der Waals surface area contributed by atoms with Gasteiger partial charge in [0.05, 0.1) is 10.7 Å². The van der Waals surface area contributed by atoms with Crippen molar-refractivity contribution in [3.05, 3.63) is 86.0 Å². The lowest BCUT2D eigenvalue weighted by atomic mass is 10.1. The van der Waals surface area contributed by atoms with E-state index in [4.69, 9.17) is 9.47 Å². The van der Waals surface area contributed by atoms with Crippen molar-refractivity contribution in [2.75, 3.05) is 12.4 Å². The highest BCUT2D eigenvalue weighted by molar-refractivity contribution is 14.1. The van der Waals surface area contributed by atoms with Crippen LogP contribution in [-0.4, -0.2) is 7.11 Å². The van der Waals surface area contributed by atoms with Crippen LogP contribution in [0.3, 0.4) is 0 Å². The minimum Gasteiger partial charge on any atom is -0.493 e. The smallest absolute Gasteiger partial charge is 0.174 e. The molecule has 0 bridgehead atoms. The van der Waals surface area contributed by atoms with E-state index >= 15 is 0 Å². The van der Waals surface area contributed by atoms with Gasteiger partial charge in [-0.2, -0.15) is 0 Å². The third kappa shape index (κ3) is 5.19. The summed E-state index contributed by atoms with van der Waals surface area (Å²) in [5.74, 6) is 1.55. The number of hydrogen-bond acceptors (Lipinski definition) is 3. The standard InChI is InChI=1S/C24H26INO2/c1-16-6-9-19(10-7-16)15-28-24-21(25)12-20(13-23(24)27-4)14-26-22-11-17(2)5-8-18(22)3/h5-13,26H,14-15H2,1-4H3. The van der Waals surface area contributed by atoms with Gasteiger partial charge in [0.1, 0.15) is 6.61 Å². The average molecular weight is 487 g/mol. The number of aryl methyl sites for hydroxylation is 3. The summed E-state index contributed by atoms with van der Waals surface area (Å²) in [5, 5.41) is 3.53. The van der Waals surface area contributed by atoms with Crippen molar-refractivity contribution >= 4 is 28.3 Å². The summed E-state index contributed by atoms with van der Waals surface area (Å²) in [5.41, 5.74) is 7.20. The number of halogens is 1. The number of anilines is 1. The molecular weight excluding hydrogens is 461 g/mol. The van der Waals surface area contributed by atoms with Gasteiger partial charge in [-0.1, -0.05) is 42.0 Å². The fourth-order valence-electron chi connectivity index (χ4n) is 2.98. The summed E-state index contributed by atoms with van der Waals surface area (Å²) in [6.45, 7) is 7.56. The second kappa shape index (κ2) is 9.32. The lowest BCUT2D eigenvalue weighted by Gasteiger charge is -2.16. The molecule has 0 unspecified atom stereocenters. The summed E-state index contributed by atoms with van der Waals surface area (Å²) in [6.07, 6.45) is 0. The minimum atomic E-state index is 0.521. The van der Waals surface area contributed by atoms with Crippen molar-refractivity contribution in [3.63, 3.8) is 0 Å². The van der Waals surface area contributed by atoms with Crippen LogP contribution in [0.2, 0.25) is 0 Å². The quantitative estimate of drug-likeness (QED) is 0.391. The van der Waals surface area contributed by atoms with Crippen molar-refractivity contribution in [1.29, 1.82) is 0 Å². The molecule has 0 radical (unpaired) electrons. The maximum absolute atomic E-state index is 6.08. The highest BCUT2D eigenvalue weighted by atomic mass is 127. The van der Waals surface area contributed by atoms with Gasteiger partial charge < -0.3 is 14.8 Å². The summed E-state index contributed by atoms with van der Waals surface area (Å²) < 4.78 is 12.7. The van der Waals surface area contributed by atoms with Gasteiger partial charge >= 0.3 is 0 Å². The number of ether oxygens (including phenoxy) is 2. The van der Waals surface area contributed by atoms with Crippen molar-refractivity contribution in [2.24, 2.45) is 0 Å². The molecular formula is C24H26INO2. The van der Waals surface area contributed by atoms with Crippen molar-refractivity contribution in [1.82, 2.24) is 0 Å². The molecule has 0 amide bonds. The van der Waals surface area contributed by atoms with Crippen molar-refractivity contribution in [3.8, 4) is 11.5 Å². The van der Waals surface area contributed by atoms with Crippen LogP contribution in [0, 0.1) is 24.3 Å². The molecule has 0 atom stereocenters. The molecule has 0 aliphatic rings. The Bertz CT molecular complexity index is 952. The topological polar surface area (TPSA) is 30.5 Å². The fraction of sp³-hybridized carbons (Fsp3) is 0.250. The number of benzene rings is 3. The highest BCUT2D eigenvalue weighted by Gasteiger charge is 2.12. The summed E-state index contributed by atoms with van der Waals surface area (Å²) >= 11 is 2.32. The molecule has 0 heterocycles. The van der Waals surface area contributed by atoms with Gasteiger partial charge in [-0.05, 0) is 83.8 Å². The number of methoxy groups -OCH3 is 1. The predicted octanol–water partition coefficient (Wildman–Crippen LogP) is 6.42. The van der Waals surface area contributed by atoms with Crippen molar-refractivity contribution in [2.45, 2.75) is 33.9 Å². The Morgan fingerprint density at radius 1 is 0.857 bits per heavy atom. The highest BCUT2D eigenvalue weighted by Crippen LogP contribution is 2.35. The van der Waals surface area contributed by atoms with Crippen LogP contribution >= 0.6 is 22.6 Å². The fourth-order valence-corrected chi connectivity index (χ4v) is 3.80. The van der Waals surface area contributed by atoms with E-state index in [1.54, 1.807) is 7.11 Å². The van der Waals surface area contributed by atoms with Crippen LogP contribution in [-0.2, 0) is 13.2 Å². The van der Waals surface area contributed by atoms with Crippen LogP contribution in [0.4, 0.5) is 5.69 Å². The van der Waals surface area contributed by atoms with E-state index in [0.717, 1.165) is 38.4 Å². The molecule has 0 fully saturated rings. The van der Waals surface area contributed by atoms with Crippen LogP contribution < -0.4 is 14.8 Å². The van der Waals surface area contributed by atoms with Gasteiger partial charge in [-0.3, -0.25) is 0 Å². The molecule has 0 saturated heterocycles. The van der Waals surface area contributed by atoms with Gasteiger partial charge in [0.2, 0.25) is 0 Å². The van der Waals surface area contributed by atoms with E-state index in [1.165, 1.54) is 16.7 Å². The monoisotopic (exact) mass is 487 g/mol. The summed E-state index contributed by atoms with van der Waals surface area (Å²) in [4.78, 5) is 0. The van der Waals surface area contributed by atoms with Crippen molar-refractivity contribution < 1.29 is 9.47 Å². The van der Waals surface area contributed by atoms with E-state index < -0.39 is 0 Å². The van der Waals surface area contributed by atoms with Gasteiger partial charge in [-0.15, -0.1) is 0 Å². The van der Waals surface area contributed by atoms with Gasteiger partial charge in [-0.25, -0.2) is 0 Å². The first-order valence-corrected chi connectivity index (χ1v) is 10.4. The third-order valence-electron chi connectivity index (χ3n) is 4.67. The molecule has 3 rings (SSSR count). The van der Waals surface area contributed by atoms with Crippen LogP contribution in [0.5, 0.6) is 11.5 Å². The average Bonchev–Trinajstić information content (AvgIpc) is 2.68. The lowest BCUT2D eigenvalue weighted by molar-refractivity contribution is 0.282. The Kier molecular flexibility index (Phi) is 6.83. The molecule has 1 N–H and O–H groups in total. The van der Waals surface area contributed by atoms with Gasteiger partial charge in [0.25, 0.3) is 0 Å². The van der Waals surface area contributed by atoms with Gasteiger partial charge in [0.15, 0.2) is 11.5 Å². The first-order valence-electron chi connectivity index (χ1n) is 9.32. The van der Waals surface area contributed by atoms with E-state index in [-0.39, 0.29) is 0 Å². The number of rotatable bonds is 7. The first-order chi connectivity index (χ1) is 13.5. The first kappa shape index (κ1) is 20.5. The maximum atomic E-state index is 6.08. The van der Waals surface area contributed by atoms with Gasteiger partial charge in [0, 0.05) is 12.2 Å². The molecule has 28 heavy (non-hydrogen) atoms. The van der Waals surface area contributed by atoms with E-state index in [2.05, 4.69) is 97.2 Å². The summed E-state index contributed by atoms with van der Waals surface area (Å²) in [6, 6.07) is 19.0. The molecule has 0 spiro atoms. The van der Waals surface area contributed by atoms with E-state index in [9.17, 15) is 0 Å². The molecule has 0 aromatic heterocycles. The largest absolute Gasteiger partial charge is 0.493 e. The normalized spacial score (nSPS) is 10.6. The van der Waals surface area contributed by atoms with Crippen LogP contribution in [0.15, 0.2) is 54.6 Å². The predicted molar refractivity (Wildman–Crippen MR) is 124 cm³/mol. The SMILES string of the molecule is COc1cc(CNc2cc(C)ccc2C)cc(I)c1OCc1ccc(C)cc1. The Morgan fingerprint density at radius 3 is 2.29 bits per heavy atom. The Morgan fingerprint density at radius 2 is 1.57 bits per heavy atom. The number of nitrogens with one attached hydrogen (secondary N) is 1. The molecule has 3 nitrogen and oxygen atoms in total. The second-order valence-electron chi connectivity index (χ2n) is 7.06. The summed E-state index contributed by atoms with van der Waals surface area (Å²) in [7, 11) is 1.69. The number of hydrogen-bond donors (Lipinski definition) is 1. The van der Waals surface area contributed by atoms with Crippen LogP contribution in [0.1, 0.15) is 27.8 Å². The Balaban J connectivity index is 1.73. The molecule has 3 aromatic carbocycles.